The van der Waals surface area contributed by atoms with Crippen LogP contribution in [0.25, 0.3) is 0 Å². The van der Waals surface area contributed by atoms with Gasteiger partial charge >= 0.3 is 0 Å². The van der Waals surface area contributed by atoms with Gasteiger partial charge in [-0.05, 0) is 38.5 Å². The first-order chi connectivity index (χ1) is 10.3. The number of nitrogens with one attached hydrogen (secondary N) is 1. The molecule has 2 amide bonds. The van der Waals surface area contributed by atoms with Crippen LogP contribution in [0.3, 0.4) is 0 Å². The summed E-state index contributed by atoms with van der Waals surface area (Å²) < 4.78 is 0. The fourth-order valence-electron chi connectivity index (χ4n) is 2.01. The zero-order chi connectivity index (χ0) is 16.7. The van der Waals surface area contributed by atoms with E-state index in [4.69, 9.17) is 11.6 Å². The largest absolute Gasteiger partial charge is 0.388 e. The number of carbonyl (C=O) groups excluding carboxylic acids is 2. The van der Waals surface area contributed by atoms with Crippen molar-refractivity contribution in [3.05, 3.63) is 34.9 Å². The number of likely N-dealkylation sites (N-methyl/N-ethyl adjacent to an activating group) is 1. The van der Waals surface area contributed by atoms with Crippen LogP contribution in [0.1, 0.15) is 38.9 Å². The van der Waals surface area contributed by atoms with Crippen molar-refractivity contribution in [1.82, 2.24) is 10.2 Å². The quantitative estimate of drug-likeness (QED) is 0.806. The van der Waals surface area contributed by atoms with Crippen molar-refractivity contribution in [2.24, 2.45) is 0 Å². The minimum absolute atomic E-state index is 0.000844. The van der Waals surface area contributed by atoms with Crippen LogP contribution < -0.4 is 5.32 Å². The molecule has 0 bridgehead atoms. The minimum atomic E-state index is -0.910. The van der Waals surface area contributed by atoms with Crippen LogP contribution in [0, 0.1) is 0 Å². The van der Waals surface area contributed by atoms with E-state index in [2.05, 4.69) is 5.32 Å². The van der Waals surface area contributed by atoms with Gasteiger partial charge in [0.25, 0.3) is 0 Å². The molecule has 1 aromatic rings. The van der Waals surface area contributed by atoms with Crippen LogP contribution in [0.2, 0.25) is 5.02 Å². The monoisotopic (exact) mass is 326 g/mol. The van der Waals surface area contributed by atoms with Gasteiger partial charge < -0.3 is 15.3 Å². The first-order valence-corrected chi connectivity index (χ1v) is 7.72. The van der Waals surface area contributed by atoms with Crippen molar-refractivity contribution < 1.29 is 14.7 Å². The summed E-state index contributed by atoms with van der Waals surface area (Å²) in [4.78, 5) is 25.4. The topological polar surface area (TPSA) is 69.6 Å². The normalized spacial score (nSPS) is 12.1. The van der Waals surface area contributed by atoms with Gasteiger partial charge in [-0.25, -0.2) is 0 Å². The van der Waals surface area contributed by atoms with Crippen molar-refractivity contribution in [1.29, 1.82) is 0 Å². The molecule has 0 heterocycles. The van der Waals surface area contributed by atoms with E-state index in [1.807, 2.05) is 13.8 Å². The van der Waals surface area contributed by atoms with Crippen molar-refractivity contribution in [3.63, 3.8) is 0 Å². The molecule has 0 aliphatic rings. The first-order valence-electron chi connectivity index (χ1n) is 7.34. The van der Waals surface area contributed by atoms with E-state index in [9.17, 15) is 14.7 Å². The SMILES string of the molecule is CCN(CC(=O)NC(C)C)C(=O)CC(O)c1ccc(Cl)cc1. The van der Waals surface area contributed by atoms with Crippen LogP contribution >= 0.6 is 11.6 Å². The Balaban J connectivity index is 2.60. The van der Waals surface area contributed by atoms with Crippen LogP contribution in [-0.2, 0) is 9.59 Å². The Morgan fingerprint density at radius 2 is 1.86 bits per heavy atom. The van der Waals surface area contributed by atoms with Crippen LogP contribution in [-0.4, -0.2) is 41.0 Å². The molecule has 1 unspecified atom stereocenters. The highest BCUT2D eigenvalue weighted by molar-refractivity contribution is 6.30. The van der Waals surface area contributed by atoms with Crippen molar-refractivity contribution in [3.8, 4) is 0 Å². The number of aliphatic hydroxyl groups is 1. The maximum atomic E-state index is 12.2. The van der Waals surface area contributed by atoms with Gasteiger partial charge in [0.15, 0.2) is 0 Å². The third-order valence-electron chi connectivity index (χ3n) is 3.14. The number of carbonyl (C=O) groups is 2. The van der Waals surface area contributed by atoms with Gasteiger partial charge in [-0.15, -0.1) is 0 Å². The highest BCUT2D eigenvalue weighted by atomic mass is 35.5. The molecule has 1 aromatic carbocycles. The summed E-state index contributed by atoms with van der Waals surface area (Å²) in [5.41, 5.74) is 0.625. The summed E-state index contributed by atoms with van der Waals surface area (Å²) >= 11 is 5.79. The molecule has 0 fully saturated rings. The summed E-state index contributed by atoms with van der Waals surface area (Å²) in [6, 6.07) is 6.72. The summed E-state index contributed by atoms with van der Waals surface area (Å²) in [5.74, 6) is -0.463. The van der Waals surface area contributed by atoms with Gasteiger partial charge in [0.1, 0.15) is 0 Å². The zero-order valence-electron chi connectivity index (χ0n) is 13.2. The number of hydrogen-bond acceptors (Lipinski definition) is 3. The number of rotatable bonds is 7. The molecule has 1 atom stereocenters. The number of nitrogens with zero attached hydrogens (tertiary/aromatic N) is 1. The van der Waals surface area contributed by atoms with Crippen molar-refractivity contribution in [2.75, 3.05) is 13.1 Å². The molecule has 122 valence electrons. The Morgan fingerprint density at radius 3 is 2.36 bits per heavy atom. The van der Waals surface area contributed by atoms with Gasteiger partial charge in [0.05, 0.1) is 19.1 Å². The van der Waals surface area contributed by atoms with E-state index >= 15 is 0 Å². The first kappa shape index (κ1) is 18.5. The summed E-state index contributed by atoms with van der Waals surface area (Å²) in [6.45, 7) is 5.94. The summed E-state index contributed by atoms with van der Waals surface area (Å²) in [6.07, 6.45) is -0.975. The Hall–Kier alpha value is -1.59. The van der Waals surface area contributed by atoms with Crippen molar-refractivity contribution >= 4 is 23.4 Å². The van der Waals surface area contributed by atoms with Crippen LogP contribution in [0.15, 0.2) is 24.3 Å². The molecule has 0 saturated heterocycles. The van der Waals surface area contributed by atoms with Crippen LogP contribution in [0.5, 0.6) is 0 Å². The molecule has 2 N–H and O–H groups in total. The number of benzene rings is 1. The molecule has 0 aliphatic heterocycles. The Kier molecular flexibility index (Phi) is 7.35. The minimum Gasteiger partial charge on any atom is -0.388 e. The molecular weight excluding hydrogens is 304 g/mol. The van der Waals surface area contributed by atoms with E-state index in [1.54, 1.807) is 31.2 Å². The van der Waals surface area contributed by atoms with E-state index in [0.717, 1.165) is 0 Å². The molecule has 5 nitrogen and oxygen atoms in total. The lowest BCUT2D eigenvalue weighted by atomic mass is 10.1. The highest BCUT2D eigenvalue weighted by Crippen LogP contribution is 2.20. The molecule has 0 aromatic heterocycles. The van der Waals surface area contributed by atoms with Gasteiger partial charge in [-0.1, -0.05) is 23.7 Å². The van der Waals surface area contributed by atoms with E-state index in [-0.39, 0.29) is 30.8 Å². The number of aliphatic hydroxyl groups excluding tert-OH is 1. The lowest BCUT2D eigenvalue weighted by Crippen LogP contribution is -2.43. The number of amides is 2. The Labute approximate surface area is 136 Å². The van der Waals surface area contributed by atoms with Gasteiger partial charge in [-0.2, -0.15) is 0 Å². The lowest BCUT2D eigenvalue weighted by Gasteiger charge is -2.22. The standard InChI is InChI=1S/C16H23ClN2O3/c1-4-19(10-15(21)18-11(2)3)16(22)9-14(20)12-5-7-13(17)8-6-12/h5-8,11,14,20H,4,9-10H2,1-3H3,(H,18,21). The van der Waals surface area contributed by atoms with Crippen LogP contribution in [0.4, 0.5) is 0 Å². The molecule has 0 spiro atoms. The Morgan fingerprint density at radius 1 is 1.27 bits per heavy atom. The van der Waals surface area contributed by atoms with Gasteiger partial charge in [-0.3, -0.25) is 9.59 Å². The summed E-state index contributed by atoms with van der Waals surface area (Å²) in [5, 5.41) is 13.4. The van der Waals surface area contributed by atoms with E-state index in [0.29, 0.717) is 17.1 Å². The second kappa shape index (κ2) is 8.76. The fraction of sp³-hybridized carbons (Fsp3) is 0.500. The average Bonchev–Trinajstić information content (AvgIpc) is 2.44. The van der Waals surface area contributed by atoms with Gasteiger partial charge in [0.2, 0.25) is 11.8 Å². The number of hydrogen-bond donors (Lipinski definition) is 2. The fourth-order valence-corrected chi connectivity index (χ4v) is 2.14. The highest BCUT2D eigenvalue weighted by Gasteiger charge is 2.20. The molecule has 22 heavy (non-hydrogen) atoms. The predicted molar refractivity (Wildman–Crippen MR) is 86.6 cm³/mol. The molecule has 0 aliphatic carbocycles. The van der Waals surface area contributed by atoms with E-state index < -0.39 is 6.10 Å². The van der Waals surface area contributed by atoms with Crippen molar-refractivity contribution in [2.45, 2.75) is 39.3 Å². The maximum absolute atomic E-state index is 12.2. The molecule has 0 saturated carbocycles. The second-order valence-electron chi connectivity index (χ2n) is 5.40. The summed E-state index contributed by atoms with van der Waals surface area (Å²) in [7, 11) is 0. The third-order valence-corrected chi connectivity index (χ3v) is 3.39. The second-order valence-corrected chi connectivity index (χ2v) is 5.84. The maximum Gasteiger partial charge on any atom is 0.239 e. The average molecular weight is 327 g/mol. The zero-order valence-corrected chi connectivity index (χ0v) is 13.9. The molecule has 6 heteroatoms. The number of halogens is 1. The predicted octanol–water partition coefficient (Wildman–Crippen LogP) is 2.14. The smallest absolute Gasteiger partial charge is 0.239 e. The molecule has 1 rings (SSSR count). The Bertz CT molecular complexity index is 503. The third kappa shape index (κ3) is 6.03. The van der Waals surface area contributed by atoms with E-state index in [1.165, 1.54) is 4.90 Å². The lowest BCUT2D eigenvalue weighted by molar-refractivity contribution is -0.137. The molecular formula is C16H23ClN2O3. The van der Waals surface area contributed by atoms with Gasteiger partial charge in [0, 0.05) is 17.6 Å². The molecule has 0 radical (unpaired) electrons.